The Kier molecular flexibility index (Phi) is 5.69. The van der Waals surface area contributed by atoms with Crippen LogP contribution in [0.15, 0.2) is 29.6 Å². The quantitative estimate of drug-likeness (QED) is 0.415. The largest absolute Gasteiger partial charge is 0.486 e. The summed E-state index contributed by atoms with van der Waals surface area (Å²) in [6, 6.07) is 5.76. The number of nitrogens with zero attached hydrogens (tertiary/aromatic N) is 3. The molecule has 0 amide bonds. The number of fused-ring (bicyclic) bond motifs is 1. The minimum atomic E-state index is -0.505. The summed E-state index contributed by atoms with van der Waals surface area (Å²) in [6.07, 6.45) is 5.16. The number of aromatic nitrogens is 2. The average molecular weight is 428 g/mol. The Morgan fingerprint density at radius 1 is 1.33 bits per heavy atom. The maximum absolute atomic E-state index is 12.8. The molecule has 2 aromatic rings. The van der Waals surface area contributed by atoms with E-state index in [-0.39, 0.29) is 5.78 Å². The SMILES string of the molecule is CCOC(=O)c1cnc(SC)nc1N1CCC2(CC1)CC(=O)c1cc(C)ccc1O2. The van der Waals surface area contributed by atoms with Crippen LogP contribution in [-0.2, 0) is 4.74 Å². The standard InChI is InChI=1S/C22H25N3O4S/c1-4-28-20(27)16-13-23-21(30-3)24-19(16)25-9-7-22(8-10-25)12-17(26)15-11-14(2)5-6-18(15)29-22/h5-6,11,13H,4,7-10,12H2,1-3H3. The van der Waals surface area contributed by atoms with Crippen molar-refractivity contribution in [3.05, 3.63) is 41.1 Å². The van der Waals surface area contributed by atoms with Gasteiger partial charge in [-0.1, -0.05) is 23.4 Å². The second-order valence-corrected chi connectivity index (χ2v) is 8.46. The summed E-state index contributed by atoms with van der Waals surface area (Å²) in [4.78, 5) is 36.1. The molecule has 0 atom stereocenters. The Labute approximate surface area is 180 Å². The van der Waals surface area contributed by atoms with E-state index >= 15 is 0 Å². The van der Waals surface area contributed by atoms with Gasteiger partial charge in [0, 0.05) is 32.1 Å². The zero-order valence-corrected chi connectivity index (χ0v) is 18.3. The fraction of sp³-hybridized carbons (Fsp3) is 0.455. The number of hydrogen-bond acceptors (Lipinski definition) is 8. The van der Waals surface area contributed by atoms with Gasteiger partial charge >= 0.3 is 5.97 Å². The van der Waals surface area contributed by atoms with Crippen molar-refractivity contribution in [1.29, 1.82) is 0 Å². The molecule has 0 saturated carbocycles. The third kappa shape index (κ3) is 3.88. The van der Waals surface area contributed by atoms with Gasteiger partial charge < -0.3 is 14.4 Å². The third-order valence-electron chi connectivity index (χ3n) is 5.64. The van der Waals surface area contributed by atoms with Crippen molar-refractivity contribution >= 4 is 29.3 Å². The fourth-order valence-corrected chi connectivity index (χ4v) is 4.40. The Hall–Kier alpha value is -2.61. The summed E-state index contributed by atoms with van der Waals surface area (Å²) in [5, 5.41) is 0.603. The summed E-state index contributed by atoms with van der Waals surface area (Å²) in [5.74, 6) is 0.964. The predicted octanol–water partition coefficient (Wildman–Crippen LogP) is 3.69. The Bertz CT molecular complexity index is 986. The molecule has 158 valence electrons. The Balaban J connectivity index is 1.56. The molecule has 30 heavy (non-hydrogen) atoms. The summed E-state index contributed by atoms with van der Waals surface area (Å²) in [5.41, 5.74) is 1.59. The van der Waals surface area contributed by atoms with E-state index in [0.717, 1.165) is 5.56 Å². The molecule has 0 N–H and O–H groups in total. The molecule has 2 aliphatic rings. The number of benzene rings is 1. The number of anilines is 1. The van der Waals surface area contributed by atoms with Gasteiger partial charge in [0.05, 0.1) is 18.6 Å². The van der Waals surface area contributed by atoms with Crippen LogP contribution < -0.4 is 9.64 Å². The molecule has 8 heteroatoms. The van der Waals surface area contributed by atoms with E-state index in [4.69, 9.17) is 9.47 Å². The van der Waals surface area contributed by atoms with Crippen molar-refractivity contribution in [3.63, 3.8) is 0 Å². The highest BCUT2D eigenvalue weighted by Gasteiger charge is 2.43. The summed E-state index contributed by atoms with van der Waals surface area (Å²) in [6.45, 7) is 5.30. The fourth-order valence-electron chi connectivity index (χ4n) is 4.06. The molecule has 1 aromatic carbocycles. The van der Waals surface area contributed by atoms with Crippen molar-refractivity contribution in [2.24, 2.45) is 0 Å². The summed E-state index contributed by atoms with van der Waals surface area (Å²) >= 11 is 1.43. The zero-order valence-electron chi connectivity index (χ0n) is 17.4. The molecule has 1 fully saturated rings. The van der Waals surface area contributed by atoms with Crippen molar-refractivity contribution in [2.75, 3.05) is 30.9 Å². The minimum absolute atomic E-state index is 0.132. The van der Waals surface area contributed by atoms with Crippen LogP contribution in [0.25, 0.3) is 0 Å². The monoisotopic (exact) mass is 427 g/mol. The molecule has 0 radical (unpaired) electrons. The highest BCUT2D eigenvalue weighted by Crippen LogP contribution is 2.40. The van der Waals surface area contributed by atoms with Gasteiger partial charge in [-0.25, -0.2) is 14.8 Å². The van der Waals surface area contributed by atoms with Gasteiger partial charge in [-0.15, -0.1) is 0 Å². The molecular formula is C22H25N3O4S. The van der Waals surface area contributed by atoms with E-state index in [9.17, 15) is 9.59 Å². The van der Waals surface area contributed by atoms with Crippen LogP contribution in [0.1, 0.15) is 52.5 Å². The zero-order chi connectivity index (χ0) is 21.3. The molecule has 3 heterocycles. The smallest absolute Gasteiger partial charge is 0.343 e. The maximum atomic E-state index is 12.8. The van der Waals surface area contributed by atoms with Gasteiger partial charge in [0.25, 0.3) is 0 Å². The van der Waals surface area contributed by atoms with Gasteiger partial charge in [0.1, 0.15) is 22.7 Å². The minimum Gasteiger partial charge on any atom is -0.486 e. The first-order valence-corrected chi connectivity index (χ1v) is 11.3. The van der Waals surface area contributed by atoms with Crippen LogP contribution in [0, 0.1) is 6.92 Å². The lowest BCUT2D eigenvalue weighted by atomic mass is 9.82. The molecule has 0 unspecified atom stereocenters. The van der Waals surface area contributed by atoms with Crippen LogP contribution in [0.2, 0.25) is 0 Å². The lowest BCUT2D eigenvalue weighted by molar-refractivity contribution is 0.0230. The van der Waals surface area contributed by atoms with Crippen molar-refractivity contribution < 1.29 is 19.1 Å². The Morgan fingerprint density at radius 3 is 2.80 bits per heavy atom. The molecule has 4 rings (SSSR count). The van der Waals surface area contributed by atoms with Gasteiger partial charge in [0.2, 0.25) is 0 Å². The first-order chi connectivity index (χ1) is 14.4. The van der Waals surface area contributed by atoms with E-state index in [1.165, 1.54) is 18.0 Å². The van der Waals surface area contributed by atoms with E-state index in [2.05, 4.69) is 14.9 Å². The molecule has 1 spiro atoms. The molecule has 0 aliphatic carbocycles. The second kappa shape index (κ2) is 8.26. The molecule has 0 bridgehead atoms. The highest BCUT2D eigenvalue weighted by molar-refractivity contribution is 7.98. The van der Waals surface area contributed by atoms with Gasteiger partial charge in [-0.2, -0.15) is 0 Å². The van der Waals surface area contributed by atoms with Crippen LogP contribution >= 0.6 is 11.8 Å². The molecule has 7 nitrogen and oxygen atoms in total. The number of esters is 1. The number of piperidine rings is 1. The Morgan fingerprint density at radius 2 is 2.10 bits per heavy atom. The first-order valence-electron chi connectivity index (χ1n) is 10.1. The van der Waals surface area contributed by atoms with E-state index in [0.29, 0.717) is 66.8 Å². The van der Waals surface area contributed by atoms with E-state index in [1.807, 2.05) is 31.4 Å². The van der Waals surface area contributed by atoms with E-state index in [1.54, 1.807) is 6.92 Å². The number of thioether (sulfide) groups is 1. The van der Waals surface area contributed by atoms with Gasteiger partial charge in [-0.05, 0) is 32.2 Å². The molecule has 1 aromatic heterocycles. The second-order valence-electron chi connectivity index (χ2n) is 7.69. The van der Waals surface area contributed by atoms with E-state index < -0.39 is 11.6 Å². The highest BCUT2D eigenvalue weighted by atomic mass is 32.2. The van der Waals surface area contributed by atoms with Crippen LogP contribution in [-0.4, -0.2) is 53.3 Å². The molecular weight excluding hydrogens is 402 g/mol. The average Bonchev–Trinajstić information content (AvgIpc) is 2.75. The number of ether oxygens (including phenoxy) is 2. The maximum Gasteiger partial charge on any atom is 0.343 e. The van der Waals surface area contributed by atoms with Gasteiger partial charge in [0.15, 0.2) is 10.9 Å². The van der Waals surface area contributed by atoms with Crippen molar-refractivity contribution in [1.82, 2.24) is 9.97 Å². The molecule has 1 saturated heterocycles. The number of rotatable bonds is 4. The summed E-state index contributed by atoms with van der Waals surface area (Å²) in [7, 11) is 0. The van der Waals surface area contributed by atoms with Crippen LogP contribution in [0.5, 0.6) is 5.75 Å². The van der Waals surface area contributed by atoms with Gasteiger partial charge in [-0.3, -0.25) is 4.79 Å². The number of aryl methyl sites for hydroxylation is 1. The first kappa shape index (κ1) is 20.7. The number of carbonyl (C=O) groups excluding carboxylic acids is 2. The predicted molar refractivity (Wildman–Crippen MR) is 115 cm³/mol. The number of Topliss-reactive ketones (excluding diaryl/α,β-unsaturated/α-hetero) is 1. The number of ketones is 1. The van der Waals surface area contributed by atoms with Crippen molar-refractivity contribution in [3.8, 4) is 5.75 Å². The van der Waals surface area contributed by atoms with Crippen LogP contribution in [0.3, 0.4) is 0 Å². The lowest BCUT2D eigenvalue weighted by Crippen LogP contribution is -2.51. The van der Waals surface area contributed by atoms with Crippen LogP contribution in [0.4, 0.5) is 5.82 Å². The number of carbonyl (C=O) groups is 2. The number of hydrogen-bond donors (Lipinski definition) is 0. The third-order valence-corrected chi connectivity index (χ3v) is 6.21. The normalized spacial score (nSPS) is 17.4. The summed E-state index contributed by atoms with van der Waals surface area (Å²) < 4.78 is 11.5. The molecule has 2 aliphatic heterocycles. The van der Waals surface area contributed by atoms with Crippen molar-refractivity contribution in [2.45, 2.75) is 43.9 Å². The topological polar surface area (TPSA) is 81.6 Å². The lowest BCUT2D eigenvalue weighted by Gasteiger charge is -2.44.